The summed E-state index contributed by atoms with van der Waals surface area (Å²) in [5, 5.41) is 0. The van der Waals surface area contributed by atoms with Crippen molar-refractivity contribution in [2.45, 2.75) is 25.7 Å². The smallest absolute Gasteiger partial charge is 0.166 e. The van der Waals surface area contributed by atoms with Gasteiger partial charge in [-0.25, -0.2) is 4.39 Å². The van der Waals surface area contributed by atoms with Crippen LogP contribution in [0.3, 0.4) is 0 Å². The molecule has 0 N–H and O–H groups in total. The summed E-state index contributed by atoms with van der Waals surface area (Å²) in [6.45, 7) is 3.73. The Hall–Kier alpha value is -0.610. The molecule has 0 aromatic heterocycles. The predicted octanol–water partition coefficient (Wildman–Crippen LogP) is 3.84. The number of hydrogen-bond donors (Lipinski definition) is 0. The molecule has 1 aliphatic rings. The maximum absolute atomic E-state index is 13.5. The summed E-state index contributed by atoms with van der Waals surface area (Å²) in [6.07, 6.45) is 5.21. The van der Waals surface area contributed by atoms with Gasteiger partial charge in [-0.15, -0.1) is 0 Å². The average molecular weight is 316 g/mol. The van der Waals surface area contributed by atoms with E-state index in [-0.39, 0.29) is 5.82 Å². The summed E-state index contributed by atoms with van der Waals surface area (Å²) in [5.41, 5.74) is 0. The maximum Gasteiger partial charge on any atom is 0.166 e. The van der Waals surface area contributed by atoms with Crippen molar-refractivity contribution in [3.63, 3.8) is 0 Å². The number of rotatable bonds is 4. The average Bonchev–Trinajstić information content (AvgIpc) is 2.60. The van der Waals surface area contributed by atoms with Crippen LogP contribution >= 0.6 is 15.9 Å². The van der Waals surface area contributed by atoms with Crippen LogP contribution in [0.25, 0.3) is 0 Å². The van der Waals surface area contributed by atoms with E-state index in [1.807, 2.05) is 0 Å². The highest BCUT2D eigenvalue weighted by atomic mass is 79.9. The van der Waals surface area contributed by atoms with E-state index >= 15 is 0 Å². The van der Waals surface area contributed by atoms with Crippen molar-refractivity contribution in [1.29, 1.82) is 0 Å². The number of halogens is 2. The van der Waals surface area contributed by atoms with Crippen molar-refractivity contribution in [3.8, 4) is 5.75 Å². The van der Waals surface area contributed by atoms with Crippen LogP contribution in [-0.4, -0.2) is 31.1 Å². The quantitative estimate of drug-likeness (QED) is 0.837. The molecule has 1 aliphatic heterocycles. The van der Waals surface area contributed by atoms with Crippen LogP contribution in [-0.2, 0) is 0 Å². The zero-order chi connectivity index (χ0) is 12.8. The number of nitrogens with zero attached hydrogens (tertiary/aromatic N) is 1. The largest absolute Gasteiger partial charge is 0.489 e. The van der Waals surface area contributed by atoms with Crippen molar-refractivity contribution in [1.82, 2.24) is 4.90 Å². The van der Waals surface area contributed by atoms with Gasteiger partial charge in [-0.3, -0.25) is 4.90 Å². The van der Waals surface area contributed by atoms with Crippen molar-refractivity contribution < 1.29 is 9.13 Å². The molecule has 0 radical (unpaired) electrons. The summed E-state index contributed by atoms with van der Waals surface area (Å²) < 4.78 is 19.7. The van der Waals surface area contributed by atoms with E-state index < -0.39 is 0 Å². The van der Waals surface area contributed by atoms with Gasteiger partial charge in [0, 0.05) is 11.0 Å². The van der Waals surface area contributed by atoms with Gasteiger partial charge in [-0.1, -0.05) is 28.8 Å². The molecule has 18 heavy (non-hydrogen) atoms. The number of ether oxygens (including phenoxy) is 1. The molecule has 2 nitrogen and oxygen atoms in total. The summed E-state index contributed by atoms with van der Waals surface area (Å²) in [5.74, 6) is 0.0354. The minimum Gasteiger partial charge on any atom is -0.489 e. The predicted molar refractivity (Wildman–Crippen MR) is 74.5 cm³/mol. The summed E-state index contributed by atoms with van der Waals surface area (Å²) in [4.78, 5) is 2.41. The molecular formula is C14H19BrFNO. The highest BCUT2D eigenvalue weighted by molar-refractivity contribution is 9.10. The van der Waals surface area contributed by atoms with Crippen LogP contribution in [0.15, 0.2) is 22.7 Å². The Morgan fingerprint density at radius 2 is 1.89 bits per heavy atom. The summed E-state index contributed by atoms with van der Waals surface area (Å²) in [7, 11) is 0. The monoisotopic (exact) mass is 315 g/mol. The van der Waals surface area contributed by atoms with Crippen LogP contribution in [0.2, 0.25) is 0 Å². The van der Waals surface area contributed by atoms with Crippen LogP contribution < -0.4 is 4.74 Å². The molecular weight excluding hydrogens is 297 g/mol. The third-order valence-electron chi connectivity index (χ3n) is 3.26. The number of hydrogen-bond acceptors (Lipinski definition) is 2. The molecule has 1 fully saturated rings. The van der Waals surface area contributed by atoms with Gasteiger partial charge in [-0.05, 0) is 44.1 Å². The molecule has 1 aromatic carbocycles. The highest BCUT2D eigenvalue weighted by Gasteiger charge is 2.09. The van der Waals surface area contributed by atoms with Crippen LogP contribution in [0.4, 0.5) is 4.39 Å². The Kier molecular flexibility index (Phi) is 5.45. The second kappa shape index (κ2) is 7.10. The first-order chi connectivity index (χ1) is 8.75. The number of likely N-dealkylation sites (tertiary alicyclic amines) is 1. The molecule has 0 saturated carbocycles. The third kappa shape index (κ3) is 4.25. The molecule has 1 saturated heterocycles. The topological polar surface area (TPSA) is 12.5 Å². The first-order valence-corrected chi connectivity index (χ1v) is 7.35. The normalized spacial score (nSPS) is 17.4. The molecule has 2 rings (SSSR count). The first-order valence-electron chi connectivity index (χ1n) is 6.56. The van der Waals surface area contributed by atoms with Crippen molar-refractivity contribution in [3.05, 3.63) is 28.5 Å². The van der Waals surface area contributed by atoms with Gasteiger partial charge in [-0.2, -0.15) is 0 Å². The first kappa shape index (κ1) is 13.8. The van der Waals surface area contributed by atoms with E-state index in [1.54, 1.807) is 12.1 Å². The van der Waals surface area contributed by atoms with E-state index in [0.29, 0.717) is 12.4 Å². The van der Waals surface area contributed by atoms with Gasteiger partial charge >= 0.3 is 0 Å². The van der Waals surface area contributed by atoms with Gasteiger partial charge in [0.05, 0.1) is 0 Å². The minimum atomic E-state index is -0.305. The zero-order valence-corrected chi connectivity index (χ0v) is 12.1. The van der Waals surface area contributed by atoms with Gasteiger partial charge in [0.2, 0.25) is 0 Å². The van der Waals surface area contributed by atoms with Crippen molar-refractivity contribution in [2.24, 2.45) is 0 Å². The lowest BCUT2D eigenvalue weighted by atomic mass is 10.2. The van der Waals surface area contributed by atoms with Crippen molar-refractivity contribution in [2.75, 3.05) is 26.2 Å². The van der Waals surface area contributed by atoms with E-state index in [9.17, 15) is 4.39 Å². The van der Waals surface area contributed by atoms with Crippen LogP contribution in [0, 0.1) is 5.82 Å². The van der Waals surface area contributed by atoms with Crippen molar-refractivity contribution >= 4 is 15.9 Å². The molecule has 0 bridgehead atoms. The van der Waals surface area contributed by atoms with E-state index in [0.717, 1.165) is 24.1 Å². The lowest BCUT2D eigenvalue weighted by Crippen LogP contribution is -2.29. The van der Waals surface area contributed by atoms with E-state index in [2.05, 4.69) is 20.8 Å². The Morgan fingerprint density at radius 3 is 2.56 bits per heavy atom. The second-order valence-corrected chi connectivity index (χ2v) is 5.59. The SMILES string of the molecule is Fc1cc(Br)ccc1OCCN1CCCCCC1. The molecule has 0 atom stereocenters. The fourth-order valence-electron chi connectivity index (χ4n) is 2.24. The number of benzene rings is 1. The fourth-order valence-corrected chi connectivity index (χ4v) is 2.57. The lowest BCUT2D eigenvalue weighted by Gasteiger charge is -2.19. The standard InChI is InChI=1S/C14H19BrFNO/c15-12-5-6-14(13(16)11-12)18-10-9-17-7-3-1-2-4-8-17/h5-6,11H,1-4,7-10H2. The summed E-state index contributed by atoms with van der Waals surface area (Å²) in [6, 6.07) is 4.90. The van der Waals surface area contributed by atoms with Gasteiger partial charge in [0.1, 0.15) is 6.61 Å². The van der Waals surface area contributed by atoms with Crippen LogP contribution in [0.5, 0.6) is 5.75 Å². The molecule has 1 aromatic rings. The molecule has 1 heterocycles. The molecule has 100 valence electrons. The summed E-state index contributed by atoms with van der Waals surface area (Å²) >= 11 is 3.23. The molecule has 0 amide bonds. The molecule has 0 spiro atoms. The van der Waals surface area contributed by atoms with Gasteiger partial charge < -0.3 is 4.74 Å². The fraction of sp³-hybridized carbons (Fsp3) is 0.571. The third-order valence-corrected chi connectivity index (χ3v) is 3.75. The Morgan fingerprint density at radius 1 is 1.17 bits per heavy atom. The Balaban J connectivity index is 1.77. The zero-order valence-electron chi connectivity index (χ0n) is 10.5. The second-order valence-electron chi connectivity index (χ2n) is 4.68. The van der Waals surface area contributed by atoms with E-state index in [1.165, 1.54) is 31.7 Å². The lowest BCUT2D eigenvalue weighted by molar-refractivity contribution is 0.209. The van der Waals surface area contributed by atoms with Crippen LogP contribution in [0.1, 0.15) is 25.7 Å². The van der Waals surface area contributed by atoms with E-state index in [4.69, 9.17) is 4.74 Å². The highest BCUT2D eigenvalue weighted by Crippen LogP contribution is 2.21. The Bertz CT molecular complexity index is 378. The minimum absolute atomic E-state index is 0.305. The molecule has 0 unspecified atom stereocenters. The van der Waals surface area contributed by atoms with Gasteiger partial charge in [0.25, 0.3) is 0 Å². The molecule has 0 aliphatic carbocycles. The van der Waals surface area contributed by atoms with Gasteiger partial charge in [0.15, 0.2) is 11.6 Å². The molecule has 4 heteroatoms. The maximum atomic E-state index is 13.5. The Labute approximate surface area is 116 Å².